The summed E-state index contributed by atoms with van der Waals surface area (Å²) in [4.78, 5) is 4.45. The molecule has 0 unspecified atom stereocenters. The molecule has 0 spiro atoms. The van der Waals surface area contributed by atoms with Gasteiger partial charge in [0.2, 0.25) is 0 Å². The Hall–Kier alpha value is -2.08. The molecule has 2 aromatic heterocycles. The van der Waals surface area contributed by atoms with E-state index in [2.05, 4.69) is 15.5 Å². The lowest BCUT2D eigenvalue weighted by Crippen LogP contribution is -2.30. The molecule has 0 aliphatic carbocycles. The fraction of sp³-hybridized carbons (Fsp3) is 0.467. The van der Waals surface area contributed by atoms with Crippen molar-refractivity contribution in [3.63, 3.8) is 0 Å². The number of aromatic nitrogens is 2. The van der Waals surface area contributed by atoms with Crippen molar-refractivity contribution in [3.8, 4) is 11.1 Å². The molecule has 1 aliphatic rings. The zero-order valence-corrected chi connectivity index (χ0v) is 12.3. The number of pyridine rings is 1. The number of aryl methyl sites for hydroxylation is 2. The average Bonchev–Trinajstić information content (AvgIpc) is 2.82. The molecule has 112 valence electrons. The lowest BCUT2D eigenvalue weighted by atomic mass is 10.1. The fourth-order valence-electron chi connectivity index (χ4n) is 2.68. The zero-order valence-electron chi connectivity index (χ0n) is 12.3. The summed E-state index contributed by atoms with van der Waals surface area (Å²) in [5, 5.41) is 7.31. The number of hydrogen-bond donors (Lipinski definition) is 2. The first-order valence-electron chi connectivity index (χ1n) is 7.18. The third-order valence-electron chi connectivity index (χ3n) is 3.74. The molecule has 21 heavy (non-hydrogen) atoms. The third-order valence-corrected chi connectivity index (χ3v) is 3.74. The number of ether oxygens (including phenoxy) is 1. The van der Waals surface area contributed by atoms with Gasteiger partial charge in [0.05, 0.1) is 24.0 Å². The van der Waals surface area contributed by atoms with E-state index in [0.29, 0.717) is 18.1 Å². The Balaban J connectivity index is 1.82. The maximum atomic E-state index is 6.13. The van der Waals surface area contributed by atoms with Gasteiger partial charge in [-0.05, 0) is 32.8 Å². The smallest absolute Gasteiger partial charge is 0.149 e. The Morgan fingerprint density at radius 1 is 1.38 bits per heavy atom. The van der Waals surface area contributed by atoms with Crippen LogP contribution in [0.2, 0.25) is 0 Å². The normalized spacial score (nSPS) is 18.7. The van der Waals surface area contributed by atoms with E-state index in [9.17, 15) is 0 Å². The van der Waals surface area contributed by atoms with Crippen LogP contribution < -0.4 is 11.1 Å². The van der Waals surface area contributed by atoms with Crippen LogP contribution >= 0.6 is 0 Å². The summed E-state index contributed by atoms with van der Waals surface area (Å²) in [6.07, 6.45) is 3.94. The van der Waals surface area contributed by atoms with Crippen LogP contribution in [0.15, 0.2) is 16.8 Å². The molecule has 1 fully saturated rings. The summed E-state index contributed by atoms with van der Waals surface area (Å²) in [7, 11) is 0. The second-order valence-electron chi connectivity index (χ2n) is 5.42. The van der Waals surface area contributed by atoms with E-state index in [1.165, 1.54) is 0 Å². The average molecular weight is 288 g/mol. The highest BCUT2D eigenvalue weighted by Gasteiger charge is 2.17. The number of nitrogens with one attached hydrogen (secondary N) is 1. The number of hydrogen-bond acceptors (Lipinski definition) is 6. The summed E-state index contributed by atoms with van der Waals surface area (Å²) in [6, 6.07) is 2.18. The second-order valence-corrected chi connectivity index (χ2v) is 5.42. The molecule has 0 radical (unpaired) electrons. The Kier molecular flexibility index (Phi) is 3.79. The van der Waals surface area contributed by atoms with Crippen LogP contribution in [-0.2, 0) is 4.74 Å². The van der Waals surface area contributed by atoms with E-state index in [1.54, 1.807) is 6.20 Å². The molecule has 6 heteroatoms. The standard InChI is InChI=1S/C15H20N4O2/c1-9-14(10(2)21-19-9)11-6-13(16)15(17-7-11)18-12-4-3-5-20-8-12/h6-7,12H,3-5,8,16H2,1-2H3,(H,17,18)/t12-/m0/s1. The van der Waals surface area contributed by atoms with E-state index in [4.69, 9.17) is 15.0 Å². The summed E-state index contributed by atoms with van der Waals surface area (Å²) in [6.45, 7) is 5.34. The lowest BCUT2D eigenvalue weighted by Gasteiger charge is -2.24. The second kappa shape index (κ2) is 5.73. The predicted octanol–water partition coefficient (Wildman–Crippen LogP) is 2.53. The van der Waals surface area contributed by atoms with Gasteiger partial charge < -0.3 is 20.3 Å². The van der Waals surface area contributed by atoms with Crippen molar-refractivity contribution in [3.05, 3.63) is 23.7 Å². The van der Waals surface area contributed by atoms with Crippen LogP contribution in [0, 0.1) is 13.8 Å². The first-order valence-corrected chi connectivity index (χ1v) is 7.18. The van der Waals surface area contributed by atoms with Gasteiger partial charge in [-0.25, -0.2) is 4.98 Å². The largest absolute Gasteiger partial charge is 0.396 e. The molecule has 3 N–H and O–H groups in total. The van der Waals surface area contributed by atoms with Crippen molar-refractivity contribution in [2.24, 2.45) is 0 Å². The molecular formula is C15H20N4O2. The highest BCUT2D eigenvalue weighted by atomic mass is 16.5. The lowest BCUT2D eigenvalue weighted by molar-refractivity contribution is 0.0875. The first-order chi connectivity index (χ1) is 10.1. The van der Waals surface area contributed by atoms with Gasteiger partial charge >= 0.3 is 0 Å². The Morgan fingerprint density at radius 2 is 2.24 bits per heavy atom. The quantitative estimate of drug-likeness (QED) is 0.902. The van der Waals surface area contributed by atoms with Crippen LogP contribution in [0.3, 0.4) is 0 Å². The van der Waals surface area contributed by atoms with Gasteiger partial charge in [-0.2, -0.15) is 0 Å². The molecule has 2 aromatic rings. The highest BCUT2D eigenvalue weighted by molar-refractivity contribution is 5.74. The van der Waals surface area contributed by atoms with Crippen LogP contribution in [0.25, 0.3) is 11.1 Å². The van der Waals surface area contributed by atoms with Gasteiger partial charge in [0.25, 0.3) is 0 Å². The minimum atomic E-state index is 0.276. The molecule has 6 nitrogen and oxygen atoms in total. The number of nitrogen functional groups attached to an aromatic ring is 1. The maximum Gasteiger partial charge on any atom is 0.149 e. The van der Waals surface area contributed by atoms with Crippen LogP contribution in [0.1, 0.15) is 24.3 Å². The monoisotopic (exact) mass is 288 g/mol. The summed E-state index contributed by atoms with van der Waals surface area (Å²) in [5.74, 6) is 1.48. The van der Waals surface area contributed by atoms with Crippen molar-refractivity contribution in [2.45, 2.75) is 32.7 Å². The molecule has 1 atom stereocenters. The van der Waals surface area contributed by atoms with Crippen molar-refractivity contribution in [1.82, 2.24) is 10.1 Å². The van der Waals surface area contributed by atoms with Gasteiger partial charge in [0.15, 0.2) is 0 Å². The van der Waals surface area contributed by atoms with E-state index >= 15 is 0 Å². The molecule has 1 saturated heterocycles. The van der Waals surface area contributed by atoms with E-state index in [1.807, 2.05) is 19.9 Å². The number of nitrogens with two attached hydrogens (primary N) is 1. The number of anilines is 2. The van der Waals surface area contributed by atoms with E-state index in [-0.39, 0.29) is 6.04 Å². The molecule has 3 rings (SSSR count). The topological polar surface area (TPSA) is 86.2 Å². The van der Waals surface area contributed by atoms with Gasteiger partial charge in [-0.15, -0.1) is 0 Å². The first kappa shape index (κ1) is 13.9. The van der Waals surface area contributed by atoms with Crippen LogP contribution in [-0.4, -0.2) is 29.4 Å². The summed E-state index contributed by atoms with van der Waals surface area (Å²) < 4.78 is 10.6. The maximum absolute atomic E-state index is 6.13. The van der Waals surface area contributed by atoms with Crippen molar-refractivity contribution in [2.75, 3.05) is 24.3 Å². The Labute approximate surface area is 123 Å². The number of rotatable bonds is 3. The minimum Gasteiger partial charge on any atom is -0.396 e. The van der Waals surface area contributed by atoms with Crippen LogP contribution in [0.4, 0.5) is 11.5 Å². The predicted molar refractivity (Wildman–Crippen MR) is 81.1 cm³/mol. The van der Waals surface area contributed by atoms with Gasteiger partial charge in [0.1, 0.15) is 11.6 Å². The van der Waals surface area contributed by atoms with Crippen LogP contribution in [0.5, 0.6) is 0 Å². The molecule has 0 aromatic carbocycles. The van der Waals surface area contributed by atoms with Crippen molar-refractivity contribution in [1.29, 1.82) is 0 Å². The molecule has 1 aliphatic heterocycles. The third kappa shape index (κ3) is 2.85. The van der Waals surface area contributed by atoms with Gasteiger partial charge in [0, 0.05) is 23.9 Å². The van der Waals surface area contributed by atoms with E-state index < -0.39 is 0 Å². The molecule has 0 saturated carbocycles. The SMILES string of the molecule is Cc1noc(C)c1-c1cnc(N[C@H]2CCCOC2)c(N)c1. The molecule has 0 amide bonds. The van der Waals surface area contributed by atoms with E-state index in [0.717, 1.165) is 42.0 Å². The molecular weight excluding hydrogens is 268 g/mol. The molecule has 3 heterocycles. The van der Waals surface area contributed by atoms with Gasteiger partial charge in [-0.3, -0.25) is 0 Å². The highest BCUT2D eigenvalue weighted by Crippen LogP contribution is 2.30. The number of nitrogens with zero attached hydrogens (tertiary/aromatic N) is 2. The Morgan fingerprint density at radius 3 is 2.86 bits per heavy atom. The zero-order chi connectivity index (χ0) is 14.8. The fourth-order valence-corrected chi connectivity index (χ4v) is 2.68. The summed E-state index contributed by atoms with van der Waals surface area (Å²) >= 11 is 0. The molecule has 0 bridgehead atoms. The minimum absolute atomic E-state index is 0.276. The van der Waals surface area contributed by atoms with Crippen molar-refractivity contribution >= 4 is 11.5 Å². The van der Waals surface area contributed by atoms with Gasteiger partial charge in [-0.1, -0.05) is 5.16 Å². The van der Waals surface area contributed by atoms with Crippen molar-refractivity contribution < 1.29 is 9.26 Å². The Bertz CT molecular complexity index is 613. The summed E-state index contributed by atoms with van der Waals surface area (Å²) in [5.41, 5.74) is 9.48.